The summed E-state index contributed by atoms with van der Waals surface area (Å²) < 4.78 is 0. The highest BCUT2D eigenvalue weighted by molar-refractivity contribution is 6.31. The number of nitrogens with zero attached hydrogens (tertiary/aromatic N) is 1. The molecule has 0 aliphatic carbocycles. The number of nitriles is 1. The third kappa shape index (κ3) is 3.41. The van der Waals surface area contributed by atoms with E-state index in [-0.39, 0.29) is 5.92 Å². The van der Waals surface area contributed by atoms with Crippen molar-refractivity contribution >= 4 is 11.6 Å². The number of hydrogen-bond acceptors (Lipinski definition) is 1. The second kappa shape index (κ2) is 5.62. The van der Waals surface area contributed by atoms with Crippen LogP contribution in [0.15, 0.2) is 35.9 Å². The van der Waals surface area contributed by atoms with Crippen molar-refractivity contribution in [2.75, 3.05) is 0 Å². The highest BCUT2D eigenvalue weighted by atomic mass is 35.5. The lowest BCUT2D eigenvalue weighted by Gasteiger charge is -2.04. The predicted molar refractivity (Wildman–Crippen MR) is 52.7 cm³/mol. The van der Waals surface area contributed by atoms with Crippen LogP contribution in [0.5, 0.6) is 0 Å². The van der Waals surface area contributed by atoms with Gasteiger partial charge in [-0.05, 0) is 18.9 Å². The van der Waals surface area contributed by atoms with E-state index in [0.29, 0.717) is 11.5 Å². The summed E-state index contributed by atoms with van der Waals surface area (Å²) >= 11 is 5.81. The van der Waals surface area contributed by atoms with Gasteiger partial charge >= 0.3 is 0 Å². The molecule has 12 heavy (non-hydrogen) atoms. The van der Waals surface area contributed by atoms with E-state index < -0.39 is 0 Å². The maximum atomic E-state index is 8.56. The van der Waals surface area contributed by atoms with Crippen molar-refractivity contribution in [2.45, 2.75) is 13.3 Å². The van der Waals surface area contributed by atoms with Crippen LogP contribution in [0.2, 0.25) is 0 Å². The molecule has 2 heteroatoms. The highest BCUT2D eigenvalue weighted by Crippen LogP contribution is 2.19. The Bertz CT molecular complexity index is 245. The van der Waals surface area contributed by atoms with Gasteiger partial charge in [-0.25, -0.2) is 0 Å². The fourth-order valence-corrected chi connectivity index (χ4v) is 0.939. The van der Waals surface area contributed by atoms with E-state index in [9.17, 15) is 0 Å². The zero-order valence-electron chi connectivity index (χ0n) is 7.18. The third-order valence-electron chi connectivity index (χ3n) is 1.48. The average Bonchev–Trinajstić information content (AvgIpc) is 2.12. The molecule has 0 aliphatic heterocycles. The summed E-state index contributed by atoms with van der Waals surface area (Å²) in [6.07, 6.45) is 3.85. The summed E-state index contributed by atoms with van der Waals surface area (Å²) in [5.74, 6) is -0.0355. The van der Waals surface area contributed by atoms with Crippen molar-refractivity contribution in [1.82, 2.24) is 0 Å². The van der Waals surface area contributed by atoms with Gasteiger partial charge in [0, 0.05) is 11.0 Å². The monoisotopic (exact) mass is 181 g/mol. The van der Waals surface area contributed by atoms with Gasteiger partial charge in [-0.2, -0.15) is 5.26 Å². The summed E-state index contributed by atoms with van der Waals surface area (Å²) in [7, 11) is 0. The molecule has 0 rings (SSSR count). The highest BCUT2D eigenvalue weighted by Gasteiger charge is 2.04. The van der Waals surface area contributed by atoms with Gasteiger partial charge in [-0.15, -0.1) is 0 Å². The smallest absolute Gasteiger partial charge is 0.0656 e. The van der Waals surface area contributed by atoms with Crippen molar-refractivity contribution in [3.8, 4) is 6.07 Å². The first-order valence-electron chi connectivity index (χ1n) is 3.68. The molecule has 0 bridgehead atoms. The van der Waals surface area contributed by atoms with Crippen LogP contribution in [0.4, 0.5) is 0 Å². The Hall–Kier alpha value is -1.00. The Labute approximate surface area is 78.7 Å². The van der Waals surface area contributed by atoms with E-state index >= 15 is 0 Å². The van der Waals surface area contributed by atoms with Gasteiger partial charge in [0.25, 0.3) is 0 Å². The molecule has 0 aromatic carbocycles. The molecule has 0 N–H and O–H groups in total. The van der Waals surface area contributed by atoms with Crippen LogP contribution >= 0.6 is 11.6 Å². The Morgan fingerprint density at radius 1 is 1.58 bits per heavy atom. The largest absolute Gasteiger partial charge is 0.198 e. The summed E-state index contributed by atoms with van der Waals surface area (Å²) in [4.78, 5) is 0. The van der Waals surface area contributed by atoms with Gasteiger partial charge in [0.15, 0.2) is 0 Å². The van der Waals surface area contributed by atoms with E-state index in [2.05, 4.69) is 19.2 Å². The lowest BCUT2D eigenvalue weighted by molar-refractivity contribution is 0.741. The summed E-state index contributed by atoms with van der Waals surface area (Å²) in [5, 5.41) is 9.13. The van der Waals surface area contributed by atoms with Crippen LogP contribution in [0.1, 0.15) is 13.3 Å². The van der Waals surface area contributed by atoms with Crippen molar-refractivity contribution < 1.29 is 0 Å². The minimum Gasteiger partial charge on any atom is -0.198 e. The minimum absolute atomic E-state index is 0.0355. The van der Waals surface area contributed by atoms with Gasteiger partial charge < -0.3 is 0 Å². The first-order chi connectivity index (χ1) is 5.65. The van der Waals surface area contributed by atoms with Gasteiger partial charge in [0.05, 0.1) is 6.07 Å². The SMILES string of the molecule is C=C/C(Cl)=C(\C=C)CC(C)C#N. The molecule has 0 amide bonds. The zero-order valence-corrected chi connectivity index (χ0v) is 7.93. The second-order valence-corrected chi connectivity index (χ2v) is 2.92. The molecule has 1 atom stereocenters. The van der Waals surface area contributed by atoms with Crippen LogP contribution < -0.4 is 0 Å². The third-order valence-corrected chi connectivity index (χ3v) is 1.88. The van der Waals surface area contributed by atoms with E-state index in [1.807, 2.05) is 6.92 Å². The fraction of sp³-hybridized carbons (Fsp3) is 0.300. The Morgan fingerprint density at radius 3 is 2.50 bits per heavy atom. The standard InChI is InChI=1S/C10H12ClN/c1-4-9(10(11)5-2)6-8(3)7-12/h4-5,8H,1-2,6H2,3H3/b10-9-. The second-order valence-electron chi connectivity index (χ2n) is 2.52. The number of allylic oxidation sites excluding steroid dienone is 4. The molecular weight excluding hydrogens is 170 g/mol. The lowest BCUT2D eigenvalue weighted by atomic mass is 10.0. The van der Waals surface area contributed by atoms with E-state index in [1.165, 1.54) is 0 Å². The Morgan fingerprint density at radius 2 is 2.17 bits per heavy atom. The summed E-state index contributed by atoms with van der Waals surface area (Å²) in [5.41, 5.74) is 0.876. The molecule has 0 spiro atoms. The molecule has 0 saturated carbocycles. The maximum absolute atomic E-state index is 8.56. The molecule has 0 aromatic rings. The molecule has 0 aliphatic rings. The molecule has 0 fully saturated rings. The van der Waals surface area contributed by atoms with Crippen LogP contribution in [-0.2, 0) is 0 Å². The van der Waals surface area contributed by atoms with Crippen LogP contribution in [0.25, 0.3) is 0 Å². The van der Waals surface area contributed by atoms with Crippen molar-refractivity contribution in [3.63, 3.8) is 0 Å². The fourth-order valence-electron chi connectivity index (χ4n) is 0.785. The van der Waals surface area contributed by atoms with Crippen LogP contribution in [0.3, 0.4) is 0 Å². The van der Waals surface area contributed by atoms with Crippen molar-refractivity contribution in [3.05, 3.63) is 35.9 Å². The summed E-state index contributed by atoms with van der Waals surface area (Å²) in [6, 6.07) is 2.13. The first-order valence-corrected chi connectivity index (χ1v) is 4.06. The van der Waals surface area contributed by atoms with Crippen molar-refractivity contribution in [2.24, 2.45) is 5.92 Å². The average molecular weight is 182 g/mol. The summed E-state index contributed by atoms with van der Waals surface area (Å²) in [6.45, 7) is 9.00. The van der Waals surface area contributed by atoms with Crippen LogP contribution in [0, 0.1) is 17.2 Å². The van der Waals surface area contributed by atoms with Gasteiger partial charge in [0.1, 0.15) is 0 Å². The minimum atomic E-state index is -0.0355. The molecule has 1 nitrogen and oxygen atoms in total. The lowest BCUT2D eigenvalue weighted by Crippen LogP contribution is -1.92. The quantitative estimate of drug-likeness (QED) is 0.610. The van der Waals surface area contributed by atoms with Gasteiger partial charge in [-0.1, -0.05) is 36.9 Å². The molecule has 1 unspecified atom stereocenters. The predicted octanol–water partition coefficient (Wildman–Crippen LogP) is 3.40. The molecule has 64 valence electrons. The maximum Gasteiger partial charge on any atom is 0.0656 e. The number of hydrogen-bond donors (Lipinski definition) is 0. The molecule has 0 aromatic heterocycles. The Kier molecular flexibility index (Phi) is 5.16. The number of rotatable bonds is 4. The van der Waals surface area contributed by atoms with Crippen molar-refractivity contribution in [1.29, 1.82) is 5.26 Å². The normalized spacial score (nSPS) is 14.1. The van der Waals surface area contributed by atoms with E-state index in [4.69, 9.17) is 16.9 Å². The van der Waals surface area contributed by atoms with E-state index in [1.54, 1.807) is 12.2 Å². The molecule has 0 heterocycles. The van der Waals surface area contributed by atoms with Crippen LogP contribution in [-0.4, -0.2) is 0 Å². The van der Waals surface area contributed by atoms with Gasteiger partial charge in [0.2, 0.25) is 0 Å². The molecular formula is C10H12ClN. The molecule has 0 saturated heterocycles. The Balaban J connectivity index is 4.50. The zero-order chi connectivity index (χ0) is 9.56. The number of halogens is 1. The first kappa shape index (κ1) is 11.0. The topological polar surface area (TPSA) is 23.8 Å². The van der Waals surface area contributed by atoms with E-state index in [0.717, 1.165) is 5.57 Å². The van der Waals surface area contributed by atoms with Gasteiger partial charge in [-0.3, -0.25) is 0 Å². The molecule has 0 radical (unpaired) electrons.